The molecule has 0 saturated carbocycles. The zero-order chi connectivity index (χ0) is 20.8. The van der Waals surface area contributed by atoms with Crippen molar-refractivity contribution in [1.29, 1.82) is 0 Å². The summed E-state index contributed by atoms with van der Waals surface area (Å²) < 4.78 is 7.05. The van der Waals surface area contributed by atoms with Gasteiger partial charge in [0.25, 0.3) is 0 Å². The molecule has 30 heavy (non-hydrogen) atoms. The van der Waals surface area contributed by atoms with E-state index in [1.807, 2.05) is 78.3 Å². The van der Waals surface area contributed by atoms with E-state index >= 15 is 0 Å². The number of benzene rings is 2. The molecule has 1 amide bonds. The Morgan fingerprint density at radius 1 is 1.13 bits per heavy atom. The van der Waals surface area contributed by atoms with E-state index in [1.165, 1.54) is 0 Å². The Bertz CT molecular complexity index is 1130. The molecule has 0 radical (unpaired) electrons. The molecule has 0 aliphatic carbocycles. The highest BCUT2D eigenvalue weighted by molar-refractivity contribution is 7.10. The van der Waals surface area contributed by atoms with Gasteiger partial charge in [0.15, 0.2) is 0 Å². The van der Waals surface area contributed by atoms with Crippen LogP contribution in [-0.2, 0) is 11.2 Å². The number of aromatic nitrogens is 2. The minimum absolute atomic E-state index is 0.157. The Morgan fingerprint density at radius 3 is 2.63 bits per heavy atom. The van der Waals surface area contributed by atoms with E-state index in [1.54, 1.807) is 29.3 Å². The summed E-state index contributed by atoms with van der Waals surface area (Å²) in [5.41, 5.74) is 6.02. The first-order valence-corrected chi connectivity index (χ1v) is 10.2. The Labute approximate surface area is 178 Å². The number of hydrogen-bond acceptors (Lipinski definition) is 5. The SMILES string of the molecule is COc1ccc(-c2nn(-c3ccccc3)cc2/C=N/NC(=O)Cc2cccs2)cc1. The summed E-state index contributed by atoms with van der Waals surface area (Å²) in [6, 6.07) is 21.4. The molecule has 0 aliphatic rings. The molecule has 2 heterocycles. The summed E-state index contributed by atoms with van der Waals surface area (Å²) in [6.07, 6.45) is 3.83. The zero-order valence-corrected chi connectivity index (χ0v) is 17.2. The second-order valence-electron chi connectivity index (χ2n) is 6.49. The number of carbonyl (C=O) groups excluding carboxylic acids is 1. The van der Waals surface area contributed by atoms with Gasteiger partial charge < -0.3 is 4.74 Å². The first kappa shape index (κ1) is 19.6. The maximum Gasteiger partial charge on any atom is 0.245 e. The molecule has 7 heteroatoms. The molecule has 0 atom stereocenters. The lowest BCUT2D eigenvalue weighted by atomic mass is 10.1. The topological polar surface area (TPSA) is 68.5 Å². The number of thiophene rings is 1. The fourth-order valence-electron chi connectivity index (χ4n) is 2.95. The minimum Gasteiger partial charge on any atom is -0.497 e. The number of ether oxygens (including phenoxy) is 1. The van der Waals surface area contributed by atoms with Gasteiger partial charge in [-0.3, -0.25) is 4.79 Å². The number of para-hydroxylation sites is 1. The lowest BCUT2D eigenvalue weighted by Gasteiger charge is -2.02. The van der Waals surface area contributed by atoms with Crippen molar-refractivity contribution in [2.45, 2.75) is 6.42 Å². The van der Waals surface area contributed by atoms with Crippen LogP contribution in [0.3, 0.4) is 0 Å². The van der Waals surface area contributed by atoms with Crippen LogP contribution < -0.4 is 10.2 Å². The summed E-state index contributed by atoms with van der Waals surface area (Å²) in [7, 11) is 1.64. The van der Waals surface area contributed by atoms with Gasteiger partial charge in [-0.15, -0.1) is 11.3 Å². The highest BCUT2D eigenvalue weighted by Gasteiger charge is 2.12. The third kappa shape index (κ3) is 4.64. The number of rotatable bonds is 7. The summed E-state index contributed by atoms with van der Waals surface area (Å²) in [5, 5.41) is 10.8. The van der Waals surface area contributed by atoms with Gasteiger partial charge in [-0.1, -0.05) is 24.3 Å². The molecule has 0 spiro atoms. The first-order valence-electron chi connectivity index (χ1n) is 9.37. The molecule has 1 N–H and O–H groups in total. The van der Waals surface area contributed by atoms with E-state index in [2.05, 4.69) is 10.5 Å². The van der Waals surface area contributed by atoms with Crippen molar-refractivity contribution in [3.63, 3.8) is 0 Å². The standard InChI is InChI=1S/C23H20N4O2S/c1-29-20-11-9-17(10-12-20)23-18(16-27(26-23)19-6-3-2-4-7-19)15-24-25-22(28)14-21-8-5-13-30-21/h2-13,15-16H,14H2,1H3,(H,25,28)/b24-15+. The largest absolute Gasteiger partial charge is 0.497 e. The second kappa shape index (κ2) is 9.19. The van der Waals surface area contributed by atoms with E-state index in [0.29, 0.717) is 6.42 Å². The third-order valence-electron chi connectivity index (χ3n) is 4.43. The zero-order valence-electron chi connectivity index (χ0n) is 16.4. The van der Waals surface area contributed by atoms with Gasteiger partial charge in [0, 0.05) is 22.2 Å². The van der Waals surface area contributed by atoms with Crippen molar-refractivity contribution in [2.24, 2.45) is 5.10 Å². The minimum atomic E-state index is -0.157. The van der Waals surface area contributed by atoms with Crippen LogP contribution in [0.1, 0.15) is 10.4 Å². The predicted molar refractivity (Wildman–Crippen MR) is 119 cm³/mol. The molecule has 2 aromatic carbocycles. The van der Waals surface area contributed by atoms with Crippen molar-refractivity contribution < 1.29 is 9.53 Å². The predicted octanol–water partition coefficient (Wildman–Crippen LogP) is 4.30. The summed E-state index contributed by atoms with van der Waals surface area (Å²) in [5.74, 6) is 0.618. The molecular formula is C23H20N4O2S. The van der Waals surface area contributed by atoms with Gasteiger partial charge in [0.1, 0.15) is 11.4 Å². The lowest BCUT2D eigenvalue weighted by molar-refractivity contribution is -0.120. The highest BCUT2D eigenvalue weighted by atomic mass is 32.1. The summed E-state index contributed by atoms with van der Waals surface area (Å²) in [4.78, 5) is 13.1. The van der Waals surface area contributed by atoms with E-state index in [-0.39, 0.29) is 5.91 Å². The van der Waals surface area contributed by atoms with Crippen LogP contribution in [0.25, 0.3) is 16.9 Å². The Morgan fingerprint density at radius 2 is 1.93 bits per heavy atom. The Kier molecular flexibility index (Phi) is 6.01. The molecule has 4 aromatic rings. The third-order valence-corrected chi connectivity index (χ3v) is 5.31. The van der Waals surface area contributed by atoms with E-state index < -0.39 is 0 Å². The van der Waals surface area contributed by atoms with Gasteiger partial charge in [-0.05, 0) is 47.8 Å². The van der Waals surface area contributed by atoms with Gasteiger partial charge >= 0.3 is 0 Å². The van der Waals surface area contributed by atoms with Crippen LogP contribution in [-0.4, -0.2) is 29.0 Å². The molecule has 0 fully saturated rings. The molecule has 2 aromatic heterocycles. The first-order chi connectivity index (χ1) is 14.7. The lowest BCUT2D eigenvalue weighted by Crippen LogP contribution is -2.19. The van der Waals surface area contributed by atoms with Gasteiger partial charge in [-0.2, -0.15) is 10.2 Å². The smallest absolute Gasteiger partial charge is 0.245 e. The molecule has 0 unspecified atom stereocenters. The second-order valence-corrected chi connectivity index (χ2v) is 7.52. The van der Waals surface area contributed by atoms with E-state index in [4.69, 9.17) is 9.84 Å². The number of amides is 1. The molecule has 150 valence electrons. The van der Waals surface area contributed by atoms with Gasteiger partial charge in [-0.25, -0.2) is 10.1 Å². The van der Waals surface area contributed by atoms with Gasteiger partial charge in [0.05, 0.1) is 25.4 Å². The van der Waals surface area contributed by atoms with Crippen LogP contribution in [0.2, 0.25) is 0 Å². The Balaban J connectivity index is 1.59. The van der Waals surface area contributed by atoms with Crippen molar-refractivity contribution in [3.05, 3.63) is 88.7 Å². The normalized spacial score (nSPS) is 11.0. The van der Waals surface area contributed by atoms with Crippen LogP contribution in [0.4, 0.5) is 0 Å². The molecule has 6 nitrogen and oxygen atoms in total. The summed E-state index contributed by atoms with van der Waals surface area (Å²) >= 11 is 1.55. The van der Waals surface area contributed by atoms with Crippen molar-refractivity contribution in [1.82, 2.24) is 15.2 Å². The number of carbonyl (C=O) groups is 1. The maximum absolute atomic E-state index is 12.1. The van der Waals surface area contributed by atoms with Crippen LogP contribution in [0, 0.1) is 0 Å². The Hall–Kier alpha value is -3.71. The van der Waals surface area contributed by atoms with Crippen LogP contribution >= 0.6 is 11.3 Å². The average molecular weight is 417 g/mol. The van der Waals surface area contributed by atoms with Gasteiger partial charge in [0.2, 0.25) is 5.91 Å². The molecule has 0 bridgehead atoms. The van der Waals surface area contributed by atoms with Crippen molar-refractivity contribution >= 4 is 23.5 Å². The fourth-order valence-corrected chi connectivity index (χ4v) is 3.66. The van der Waals surface area contributed by atoms with Crippen molar-refractivity contribution in [2.75, 3.05) is 7.11 Å². The van der Waals surface area contributed by atoms with E-state index in [9.17, 15) is 4.79 Å². The number of nitrogens with one attached hydrogen (secondary N) is 1. The molecule has 4 rings (SSSR count). The monoisotopic (exact) mass is 416 g/mol. The molecule has 0 aliphatic heterocycles. The van der Waals surface area contributed by atoms with Crippen LogP contribution in [0.15, 0.2) is 83.4 Å². The highest BCUT2D eigenvalue weighted by Crippen LogP contribution is 2.25. The van der Waals surface area contributed by atoms with E-state index in [0.717, 1.165) is 33.1 Å². The maximum atomic E-state index is 12.1. The fraction of sp³-hybridized carbons (Fsp3) is 0.0870. The molecule has 0 saturated heterocycles. The number of nitrogens with zero attached hydrogens (tertiary/aromatic N) is 3. The summed E-state index contributed by atoms with van der Waals surface area (Å²) in [6.45, 7) is 0. The average Bonchev–Trinajstić information content (AvgIpc) is 3.44. The number of hydrazone groups is 1. The molecular weight excluding hydrogens is 396 g/mol. The van der Waals surface area contributed by atoms with Crippen molar-refractivity contribution in [3.8, 4) is 22.7 Å². The number of hydrogen-bond donors (Lipinski definition) is 1. The quantitative estimate of drug-likeness (QED) is 0.361. The van der Waals surface area contributed by atoms with Crippen LogP contribution in [0.5, 0.6) is 5.75 Å². The number of methoxy groups -OCH3 is 1.